The summed E-state index contributed by atoms with van der Waals surface area (Å²) in [6.45, 7) is 3.98. The highest BCUT2D eigenvalue weighted by Crippen LogP contribution is 2.29. The second-order valence-corrected chi connectivity index (χ2v) is 5.14. The molecule has 0 radical (unpaired) electrons. The molecular weight excluding hydrogens is 274 g/mol. The number of aromatic nitrogens is 1. The third-order valence-electron chi connectivity index (χ3n) is 2.84. The van der Waals surface area contributed by atoms with E-state index in [1.54, 1.807) is 12.4 Å². The fraction of sp³-hybridized carbons (Fsp3) is 0.267. The van der Waals surface area contributed by atoms with E-state index < -0.39 is 0 Å². The van der Waals surface area contributed by atoms with Gasteiger partial charge in [0.05, 0.1) is 17.2 Å². The number of hydrogen-bond donors (Lipinski definition) is 2. The number of ether oxygens (including phenoxy) is 1. The zero-order valence-corrected chi connectivity index (χ0v) is 12.3. The fourth-order valence-corrected chi connectivity index (χ4v) is 2.25. The van der Waals surface area contributed by atoms with Crippen LogP contribution in [0.3, 0.4) is 0 Å². The maximum absolute atomic E-state index is 6.18. The minimum absolute atomic E-state index is 0.124. The summed E-state index contributed by atoms with van der Waals surface area (Å²) in [5, 5.41) is 0.575. The van der Waals surface area contributed by atoms with Crippen molar-refractivity contribution >= 4 is 11.6 Å². The van der Waals surface area contributed by atoms with Gasteiger partial charge in [-0.1, -0.05) is 23.7 Å². The Bertz CT molecular complexity index is 575. The van der Waals surface area contributed by atoms with Gasteiger partial charge in [0.15, 0.2) is 0 Å². The third kappa shape index (κ3) is 3.48. The van der Waals surface area contributed by atoms with Crippen LogP contribution in [0.1, 0.15) is 31.0 Å². The van der Waals surface area contributed by atoms with Crippen LogP contribution >= 0.6 is 11.6 Å². The van der Waals surface area contributed by atoms with E-state index in [2.05, 4.69) is 10.4 Å². The van der Waals surface area contributed by atoms with Crippen LogP contribution in [-0.4, -0.2) is 11.1 Å². The largest absolute Gasteiger partial charge is 0.491 e. The maximum atomic E-state index is 6.18. The van der Waals surface area contributed by atoms with Crippen molar-refractivity contribution < 1.29 is 4.74 Å². The molecule has 0 saturated heterocycles. The van der Waals surface area contributed by atoms with Gasteiger partial charge >= 0.3 is 0 Å². The predicted octanol–water partition coefficient (Wildman–Crippen LogP) is 3.07. The summed E-state index contributed by atoms with van der Waals surface area (Å²) in [7, 11) is 0. The third-order valence-corrected chi connectivity index (χ3v) is 3.16. The zero-order valence-electron chi connectivity index (χ0n) is 11.5. The van der Waals surface area contributed by atoms with Gasteiger partial charge in [0.1, 0.15) is 5.75 Å². The molecule has 1 unspecified atom stereocenters. The zero-order chi connectivity index (χ0) is 14.5. The lowest BCUT2D eigenvalue weighted by Crippen LogP contribution is -2.29. The van der Waals surface area contributed by atoms with Crippen molar-refractivity contribution in [2.75, 3.05) is 0 Å². The lowest BCUT2D eigenvalue weighted by molar-refractivity contribution is 0.242. The molecule has 106 valence electrons. The van der Waals surface area contributed by atoms with Crippen LogP contribution in [0, 0.1) is 0 Å². The van der Waals surface area contributed by atoms with E-state index in [4.69, 9.17) is 22.2 Å². The quantitative estimate of drug-likeness (QED) is 0.656. The molecule has 0 saturated carbocycles. The van der Waals surface area contributed by atoms with Crippen molar-refractivity contribution in [3.63, 3.8) is 0 Å². The number of halogens is 1. The SMILES string of the molecule is CC(C)Oc1cccc(C(NN)c2ccncc2Cl)c1. The monoisotopic (exact) mass is 291 g/mol. The Balaban J connectivity index is 2.35. The van der Waals surface area contributed by atoms with Gasteiger partial charge in [0.2, 0.25) is 0 Å². The van der Waals surface area contributed by atoms with E-state index >= 15 is 0 Å². The Labute approximate surface area is 123 Å². The Morgan fingerprint density at radius 1 is 1.30 bits per heavy atom. The fourth-order valence-electron chi connectivity index (χ4n) is 2.03. The number of pyridine rings is 1. The molecule has 1 atom stereocenters. The topological polar surface area (TPSA) is 60.2 Å². The van der Waals surface area contributed by atoms with Gasteiger partial charge in [0.25, 0.3) is 0 Å². The van der Waals surface area contributed by atoms with Crippen LogP contribution in [0.4, 0.5) is 0 Å². The Morgan fingerprint density at radius 3 is 2.75 bits per heavy atom. The van der Waals surface area contributed by atoms with Crippen LogP contribution in [-0.2, 0) is 0 Å². The summed E-state index contributed by atoms with van der Waals surface area (Å²) >= 11 is 6.18. The number of hydrogen-bond acceptors (Lipinski definition) is 4. The first kappa shape index (κ1) is 14.8. The molecular formula is C15H18ClN3O. The van der Waals surface area contributed by atoms with Gasteiger partial charge < -0.3 is 4.74 Å². The molecule has 3 N–H and O–H groups in total. The van der Waals surface area contributed by atoms with Gasteiger partial charge in [-0.25, -0.2) is 5.43 Å². The van der Waals surface area contributed by atoms with Crippen molar-refractivity contribution in [2.45, 2.75) is 26.0 Å². The average molecular weight is 292 g/mol. The predicted molar refractivity (Wildman–Crippen MR) is 80.6 cm³/mol. The highest BCUT2D eigenvalue weighted by Gasteiger charge is 2.16. The van der Waals surface area contributed by atoms with Crippen LogP contribution in [0.2, 0.25) is 5.02 Å². The van der Waals surface area contributed by atoms with E-state index in [1.165, 1.54) is 0 Å². The second kappa shape index (κ2) is 6.70. The number of nitrogens with one attached hydrogen (secondary N) is 1. The molecule has 0 aliphatic rings. The molecule has 0 fully saturated rings. The molecule has 1 aromatic heterocycles. The van der Waals surface area contributed by atoms with Gasteiger partial charge in [0, 0.05) is 12.4 Å². The van der Waals surface area contributed by atoms with Crippen molar-refractivity contribution in [3.8, 4) is 5.75 Å². The average Bonchev–Trinajstić information content (AvgIpc) is 2.41. The van der Waals surface area contributed by atoms with Crippen molar-refractivity contribution in [2.24, 2.45) is 5.84 Å². The highest BCUT2D eigenvalue weighted by molar-refractivity contribution is 6.31. The second-order valence-electron chi connectivity index (χ2n) is 4.74. The molecule has 1 aromatic carbocycles. The number of nitrogens with zero attached hydrogens (tertiary/aromatic N) is 1. The maximum Gasteiger partial charge on any atom is 0.120 e. The summed E-state index contributed by atoms with van der Waals surface area (Å²) < 4.78 is 5.70. The molecule has 0 spiro atoms. The number of rotatable bonds is 5. The van der Waals surface area contributed by atoms with E-state index in [-0.39, 0.29) is 12.1 Å². The molecule has 0 amide bonds. The lowest BCUT2D eigenvalue weighted by atomic mass is 10.00. The number of benzene rings is 1. The minimum Gasteiger partial charge on any atom is -0.491 e. The van der Waals surface area contributed by atoms with Crippen LogP contribution < -0.4 is 16.0 Å². The van der Waals surface area contributed by atoms with Crippen LogP contribution in [0.15, 0.2) is 42.7 Å². The molecule has 5 heteroatoms. The molecule has 0 bridgehead atoms. The summed E-state index contributed by atoms with van der Waals surface area (Å²) in [4.78, 5) is 3.99. The molecule has 4 nitrogen and oxygen atoms in total. The molecule has 20 heavy (non-hydrogen) atoms. The van der Waals surface area contributed by atoms with Gasteiger partial charge in [-0.3, -0.25) is 10.8 Å². The van der Waals surface area contributed by atoms with Gasteiger partial charge in [-0.2, -0.15) is 0 Å². The number of hydrazine groups is 1. The molecule has 1 heterocycles. The summed E-state index contributed by atoms with van der Waals surface area (Å²) in [6, 6.07) is 9.44. The Morgan fingerprint density at radius 2 is 2.10 bits per heavy atom. The summed E-state index contributed by atoms with van der Waals surface area (Å²) in [6.07, 6.45) is 3.43. The van der Waals surface area contributed by atoms with Crippen LogP contribution in [0.5, 0.6) is 5.75 Å². The number of nitrogens with two attached hydrogens (primary N) is 1. The van der Waals surface area contributed by atoms with Crippen molar-refractivity contribution in [3.05, 3.63) is 58.9 Å². The molecule has 0 aliphatic heterocycles. The minimum atomic E-state index is -0.207. The normalized spacial score (nSPS) is 12.4. The van der Waals surface area contributed by atoms with Crippen LogP contribution in [0.25, 0.3) is 0 Å². The first-order valence-corrected chi connectivity index (χ1v) is 6.81. The highest BCUT2D eigenvalue weighted by atomic mass is 35.5. The summed E-state index contributed by atoms with van der Waals surface area (Å²) in [5.74, 6) is 6.50. The first-order chi connectivity index (χ1) is 9.61. The first-order valence-electron chi connectivity index (χ1n) is 6.44. The van der Waals surface area contributed by atoms with E-state index in [1.807, 2.05) is 44.2 Å². The smallest absolute Gasteiger partial charge is 0.120 e. The Kier molecular flexibility index (Phi) is 4.95. The van der Waals surface area contributed by atoms with Crippen molar-refractivity contribution in [1.82, 2.24) is 10.4 Å². The van der Waals surface area contributed by atoms with E-state index in [0.29, 0.717) is 5.02 Å². The molecule has 2 rings (SSSR count). The lowest BCUT2D eigenvalue weighted by Gasteiger charge is -2.19. The van der Waals surface area contributed by atoms with E-state index in [0.717, 1.165) is 16.9 Å². The molecule has 0 aliphatic carbocycles. The molecule has 2 aromatic rings. The van der Waals surface area contributed by atoms with Gasteiger partial charge in [-0.05, 0) is 43.2 Å². The van der Waals surface area contributed by atoms with Gasteiger partial charge in [-0.15, -0.1) is 0 Å². The van der Waals surface area contributed by atoms with Crippen molar-refractivity contribution in [1.29, 1.82) is 0 Å². The van der Waals surface area contributed by atoms with E-state index in [9.17, 15) is 0 Å². The Hall–Kier alpha value is -1.62. The summed E-state index contributed by atoms with van der Waals surface area (Å²) in [5.41, 5.74) is 4.65. The standard InChI is InChI=1S/C15H18ClN3O/c1-10(2)20-12-5-3-4-11(8-12)15(19-17)13-6-7-18-9-14(13)16/h3-10,15,19H,17H2,1-2H3.